The Morgan fingerprint density at radius 3 is 2.26 bits per heavy atom. The Bertz CT molecular complexity index is 1030. The Kier molecular flexibility index (Phi) is 8.24. The predicted molar refractivity (Wildman–Crippen MR) is 132 cm³/mol. The highest BCUT2D eigenvalue weighted by atomic mass is 32.2. The number of nitrogens with zero attached hydrogens (tertiary/aromatic N) is 2. The van der Waals surface area contributed by atoms with Gasteiger partial charge in [-0.1, -0.05) is 49.6 Å². The predicted octanol–water partition coefficient (Wildman–Crippen LogP) is 3.41. The lowest BCUT2D eigenvalue weighted by Crippen LogP contribution is -2.48. The fraction of sp³-hybridized carbons (Fsp3) is 0.500. The highest BCUT2D eigenvalue weighted by Crippen LogP contribution is 2.22. The van der Waals surface area contributed by atoms with E-state index in [9.17, 15) is 13.2 Å². The molecule has 1 amide bonds. The van der Waals surface area contributed by atoms with E-state index in [0.29, 0.717) is 31.9 Å². The van der Waals surface area contributed by atoms with Crippen LogP contribution in [0.3, 0.4) is 0 Å². The number of amides is 1. The zero-order valence-electron chi connectivity index (χ0n) is 19.9. The van der Waals surface area contributed by atoms with E-state index >= 15 is 0 Å². The highest BCUT2D eigenvalue weighted by Gasteiger charge is 2.28. The molecule has 1 aliphatic heterocycles. The van der Waals surface area contributed by atoms with Crippen LogP contribution in [-0.4, -0.2) is 61.9 Å². The summed E-state index contributed by atoms with van der Waals surface area (Å²) in [4.78, 5) is 15.0. The van der Waals surface area contributed by atoms with Gasteiger partial charge in [-0.15, -0.1) is 0 Å². The molecule has 8 heteroatoms. The van der Waals surface area contributed by atoms with Crippen molar-refractivity contribution in [2.24, 2.45) is 0 Å². The van der Waals surface area contributed by atoms with Crippen LogP contribution in [0, 0.1) is 0 Å². The first-order valence-electron chi connectivity index (χ1n) is 12.3. The lowest BCUT2D eigenvalue weighted by atomic mass is 9.95. The topological polar surface area (TPSA) is 79.0 Å². The summed E-state index contributed by atoms with van der Waals surface area (Å²) in [5, 5.41) is 3.07. The van der Waals surface area contributed by atoms with Crippen molar-refractivity contribution in [2.75, 3.05) is 26.2 Å². The second-order valence-electron chi connectivity index (χ2n) is 9.24. The largest absolute Gasteiger partial charge is 0.481 e. The standard InChI is InChI=1S/C26H35N3O4S/c1-21(26(30)27-23-10-6-3-7-11-23)33-24-12-14-25(15-13-24)34(31,32)29-18-16-28(17-19-29)20-22-8-4-2-5-9-22/h2,4-5,8-9,12-15,21,23H,3,6-7,10-11,16-20H2,1H3,(H,27,30)/t21-/m1/s1. The molecule has 0 bridgehead atoms. The molecule has 34 heavy (non-hydrogen) atoms. The van der Waals surface area contributed by atoms with Gasteiger partial charge in [0, 0.05) is 38.8 Å². The minimum atomic E-state index is -3.57. The number of carbonyl (C=O) groups excluding carboxylic acids is 1. The van der Waals surface area contributed by atoms with E-state index in [-0.39, 0.29) is 16.8 Å². The summed E-state index contributed by atoms with van der Waals surface area (Å²) in [6.45, 7) is 4.87. The Hall–Kier alpha value is -2.42. The van der Waals surface area contributed by atoms with Gasteiger partial charge in [-0.25, -0.2) is 8.42 Å². The van der Waals surface area contributed by atoms with Crippen molar-refractivity contribution >= 4 is 15.9 Å². The molecule has 7 nitrogen and oxygen atoms in total. The second-order valence-corrected chi connectivity index (χ2v) is 11.2. The maximum Gasteiger partial charge on any atom is 0.260 e. The van der Waals surface area contributed by atoms with Gasteiger partial charge in [0.15, 0.2) is 6.10 Å². The number of hydrogen-bond acceptors (Lipinski definition) is 5. The Balaban J connectivity index is 1.29. The number of carbonyl (C=O) groups is 1. The Morgan fingerprint density at radius 1 is 0.971 bits per heavy atom. The monoisotopic (exact) mass is 485 g/mol. The van der Waals surface area contributed by atoms with Gasteiger partial charge in [-0.3, -0.25) is 9.69 Å². The molecule has 1 heterocycles. The lowest BCUT2D eigenvalue weighted by molar-refractivity contribution is -0.128. The van der Waals surface area contributed by atoms with Crippen LogP contribution in [0.1, 0.15) is 44.6 Å². The summed E-state index contributed by atoms with van der Waals surface area (Å²) in [5.74, 6) is 0.356. The van der Waals surface area contributed by atoms with Crippen molar-refractivity contribution in [1.29, 1.82) is 0 Å². The van der Waals surface area contributed by atoms with Gasteiger partial charge >= 0.3 is 0 Å². The second kappa shape index (κ2) is 11.3. The van der Waals surface area contributed by atoms with Crippen molar-refractivity contribution in [3.63, 3.8) is 0 Å². The maximum atomic E-state index is 13.1. The molecule has 2 aromatic rings. The van der Waals surface area contributed by atoms with Crippen LogP contribution in [0.15, 0.2) is 59.5 Å². The average Bonchev–Trinajstić information content (AvgIpc) is 2.86. The van der Waals surface area contributed by atoms with Crippen molar-refractivity contribution in [1.82, 2.24) is 14.5 Å². The Morgan fingerprint density at radius 2 is 1.62 bits per heavy atom. The molecule has 2 fully saturated rings. The van der Waals surface area contributed by atoms with E-state index in [1.165, 1.54) is 12.0 Å². The molecule has 1 saturated carbocycles. The number of piperazine rings is 1. The highest BCUT2D eigenvalue weighted by molar-refractivity contribution is 7.89. The molecular formula is C26H35N3O4S. The molecule has 1 saturated heterocycles. The third-order valence-electron chi connectivity index (χ3n) is 6.68. The van der Waals surface area contributed by atoms with Gasteiger partial charge in [0.2, 0.25) is 10.0 Å². The lowest BCUT2D eigenvalue weighted by Gasteiger charge is -2.34. The van der Waals surface area contributed by atoms with E-state index in [2.05, 4.69) is 22.3 Å². The van der Waals surface area contributed by atoms with Crippen LogP contribution in [0.2, 0.25) is 0 Å². The quantitative estimate of drug-likeness (QED) is 0.620. The van der Waals surface area contributed by atoms with Gasteiger partial charge in [-0.05, 0) is 49.6 Å². The third-order valence-corrected chi connectivity index (χ3v) is 8.59. The van der Waals surface area contributed by atoms with Gasteiger partial charge < -0.3 is 10.1 Å². The molecule has 0 unspecified atom stereocenters. The molecule has 184 valence electrons. The minimum Gasteiger partial charge on any atom is -0.481 e. The van der Waals surface area contributed by atoms with E-state index in [1.54, 1.807) is 35.5 Å². The molecule has 1 aliphatic carbocycles. The number of benzene rings is 2. The van der Waals surface area contributed by atoms with Crippen molar-refractivity contribution in [3.8, 4) is 5.75 Å². The molecule has 4 rings (SSSR count). The van der Waals surface area contributed by atoms with Crippen LogP contribution in [0.5, 0.6) is 5.75 Å². The molecule has 1 N–H and O–H groups in total. The summed E-state index contributed by atoms with van der Waals surface area (Å²) in [6.07, 6.45) is 4.94. The van der Waals surface area contributed by atoms with Crippen LogP contribution < -0.4 is 10.1 Å². The van der Waals surface area contributed by atoms with Crippen molar-refractivity contribution in [3.05, 3.63) is 60.2 Å². The summed E-state index contributed by atoms with van der Waals surface area (Å²) < 4.78 is 33.6. The fourth-order valence-corrected chi connectivity index (χ4v) is 6.05. The summed E-state index contributed by atoms with van der Waals surface area (Å²) in [7, 11) is -3.57. The van der Waals surface area contributed by atoms with Gasteiger partial charge in [0.1, 0.15) is 5.75 Å². The smallest absolute Gasteiger partial charge is 0.260 e. The summed E-state index contributed by atoms with van der Waals surface area (Å²) >= 11 is 0. The molecular weight excluding hydrogens is 450 g/mol. The number of ether oxygens (including phenoxy) is 1. The molecule has 0 aromatic heterocycles. The van der Waals surface area contributed by atoms with E-state index in [4.69, 9.17) is 4.74 Å². The zero-order chi connectivity index (χ0) is 24.0. The van der Waals surface area contributed by atoms with Crippen LogP contribution >= 0.6 is 0 Å². The number of hydrogen-bond donors (Lipinski definition) is 1. The summed E-state index contributed by atoms with van der Waals surface area (Å²) in [6, 6.07) is 16.8. The maximum absolute atomic E-state index is 13.1. The molecule has 2 aliphatic rings. The number of rotatable bonds is 8. The molecule has 1 atom stereocenters. The van der Waals surface area contributed by atoms with Crippen molar-refractivity contribution in [2.45, 2.75) is 62.6 Å². The minimum absolute atomic E-state index is 0.128. The fourth-order valence-electron chi connectivity index (χ4n) is 4.63. The van der Waals surface area contributed by atoms with E-state index in [1.807, 2.05) is 18.2 Å². The van der Waals surface area contributed by atoms with Crippen LogP contribution in [-0.2, 0) is 21.4 Å². The van der Waals surface area contributed by atoms with Crippen LogP contribution in [0.4, 0.5) is 0 Å². The first kappa shape index (κ1) is 24.7. The first-order valence-corrected chi connectivity index (χ1v) is 13.7. The molecule has 0 spiro atoms. The average molecular weight is 486 g/mol. The van der Waals surface area contributed by atoms with Gasteiger partial charge in [-0.2, -0.15) is 4.31 Å². The van der Waals surface area contributed by atoms with Crippen molar-refractivity contribution < 1.29 is 17.9 Å². The summed E-state index contributed by atoms with van der Waals surface area (Å²) in [5.41, 5.74) is 1.23. The molecule has 2 aromatic carbocycles. The number of nitrogens with one attached hydrogen (secondary N) is 1. The van der Waals surface area contributed by atoms with Gasteiger partial charge in [0.25, 0.3) is 5.91 Å². The van der Waals surface area contributed by atoms with E-state index in [0.717, 1.165) is 32.2 Å². The normalized spacial score (nSPS) is 19.4. The number of sulfonamides is 1. The molecule has 0 radical (unpaired) electrons. The van der Waals surface area contributed by atoms with Crippen LogP contribution in [0.25, 0.3) is 0 Å². The van der Waals surface area contributed by atoms with Gasteiger partial charge in [0.05, 0.1) is 4.90 Å². The third kappa shape index (κ3) is 6.37. The van der Waals surface area contributed by atoms with E-state index < -0.39 is 16.1 Å². The zero-order valence-corrected chi connectivity index (χ0v) is 20.7. The SMILES string of the molecule is C[C@@H](Oc1ccc(S(=O)(=O)N2CCN(Cc3ccccc3)CC2)cc1)C(=O)NC1CCCCC1. The first-order chi connectivity index (χ1) is 16.4. The Labute approximate surface area is 203 Å².